The number of pyridine rings is 1. The van der Waals surface area contributed by atoms with Crippen LogP contribution in [0.1, 0.15) is 28.9 Å². The molecule has 3 amide bonds. The molecule has 3 unspecified atom stereocenters. The molecule has 4 atom stereocenters. The molecule has 1 saturated heterocycles. The van der Waals surface area contributed by atoms with Gasteiger partial charge in [-0.2, -0.15) is 5.21 Å². The second kappa shape index (κ2) is 14.6. The number of amides is 3. The number of tetrazole rings is 1. The summed E-state index contributed by atoms with van der Waals surface area (Å²) in [4.78, 5) is 70.0. The van der Waals surface area contributed by atoms with Crippen molar-refractivity contribution in [2.45, 2.75) is 34.8 Å². The Morgan fingerprint density at radius 3 is 2.45 bits per heavy atom. The number of fused-ring (bicyclic) bond motifs is 1. The van der Waals surface area contributed by atoms with E-state index in [4.69, 9.17) is 9.47 Å². The van der Waals surface area contributed by atoms with Crippen molar-refractivity contribution in [2.24, 2.45) is 0 Å². The molecule has 51 heavy (non-hydrogen) atoms. The molecule has 6 rings (SSSR count). The van der Waals surface area contributed by atoms with Gasteiger partial charge in [0, 0.05) is 22.3 Å². The van der Waals surface area contributed by atoms with Gasteiger partial charge in [0.05, 0.1) is 14.2 Å². The maximum atomic E-state index is 13.8. The zero-order chi connectivity index (χ0) is 36.4. The number of carbonyl (C=O) groups is 4. The highest BCUT2D eigenvalue weighted by Crippen LogP contribution is 2.43. The van der Waals surface area contributed by atoms with E-state index in [2.05, 4.69) is 36.2 Å². The highest BCUT2D eigenvalue weighted by atomic mass is 32.2. The molecule has 2 aliphatic rings. The Bertz CT molecular complexity index is 2090. The maximum Gasteiger partial charge on any atom is 0.352 e. The number of ether oxygens (including phenoxy) is 2. The van der Waals surface area contributed by atoms with Crippen LogP contribution >= 0.6 is 23.5 Å². The van der Waals surface area contributed by atoms with Crippen molar-refractivity contribution in [1.82, 2.24) is 41.1 Å². The van der Waals surface area contributed by atoms with Gasteiger partial charge in [0.15, 0.2) is 11.5 Å². The van der Waals surface area contributed by atoms with E-state index < -0.39 is 52.0 Å². The summed E-state index contributed by atoms with van der Waals surface area (Å²) in [7, 11) is 2.97. The van der Waals surface area contributed by atoms with E-state index in [9.17, 15) is 34.2 Å². The minimum Gasteiger partial charge on any atom is -0.508 e. The Balaban J connectivity index is 1.21. The van der Waals surface area contributed by atoms with Crippen molar-refractivity contribution < 1.29 is 38.9 Å². The number of β-lactam (4-membered cyclic amide) rings is 1. The molecule has 2 aliphatic heterocycles. The third-order valence-electron chi connectivity index (χ3n) is 8.21. The highest BCUT2D eigenvalue weighted by Gasteiger charge is 2.55. The number of carboxylic acid groups (broad SMARTS) is 1. The van der Waals surface area contributed by atoms with Crippen molar-refractivity contribution in [2.75, 3.05) is 20.0 Å². The molecule has 264 valence electrons. The molecule has 2 aromatic carbocycles. The molecule has 0 aliphatic carbocycles. The van der Waals surface area contributed by atoms with Crippen LogP contribution in [0.3, 0.4) is 0 Å². The van der Waals surface area contributed by atoms with E-state index in [1.54, 1.807) is 25.1 Å². The molecular weight excluding hydrogens is 705 g/mol. The quantitative estimate of drug-likeness (QED) is 0.0897. The lowest BCUT2D eigenvalue weighted by Crippen LogP contribution is -2.71. The molecule has 0 bridgehead atoms. The first-order valence-electron chi connectivity index (χ1n) is 15.2. The number of nitrogens with one attached hydrogen (secondary N) is 4. The van der Waals surface area contributed by atoms with E-state index in [1.807, 2.05) is 0 Å². The number of thioether (sulfide) groups is 2. The van der Waals surface area contributed by atoms with Crippen LogP contribution in [0.25, 0.3) is 11.3 Å². The van der Waals surface area contributed by atoms with Gasteiger partial charge < -0.3 is 35.3 Å². The van der Waals surface area contributed by atoms with E-state index >= 15 is 0 Å². The van der Waals surface area contributed by atoms with E-state index in [-0.39, 0.29) is 28.3 Å². The Morgan fingerprint density at radius 1 is 1.06 bits per heavy atom. The predicted octanol–water partition coefficient (Wildman–Crippen LogP) is 1.67. The minimum absolute atomic E-state index is 0.0923. The number of carboxylic acids is 1. The molecule has 4 aromatic rings. The van der Waals surface area contributed by atoms with Crippen molar-refractivity contribution in [3.8, 4) is 28.5 Å². The third kappa shape index (κ3) is 6.97. The third-order valence-corrected chi connectivity index (χ3v) is 10.5. The Hall–Kier alpha value is -5.82. The van der Waals surface area contributed by atoms with Crippen LogP contribution in [0.5, 0.6) is 17.2 Å². The average molecular weight is 735 g/mol. The number of phenols is 1. The number of aromatic hydroxyl groups is 1. The normalized spacial score (nSPS) is 17.9. The van der Waals surface area contributed by atoms with Gasteiger partial charge in [0.25, 0.3) is 17.4 Å². The summed E-state index contributed by atoms with van der Waals surface area (Å²) < 4.78 is 10.6. The van der Waals surface area contributed by atoms with Crippen molar-refractivity contribution in [3.05, 3.63) is 87.3 Å². The molecule has 0 radical (unpaired) electrons. The molecule has 0 spiro atoms. The summed E-state index contributed by atoms with van der Waals surface area (Å²) in [6, 6.07) is 10.8. The minimum atomic E-state index is -1.41. The van der Waals surface area contributed by atoms with Gasteiger partial charge >= 0.3 is 5.97 Å². The van der Waals surface area contributed by atoms with Gasteiger partial charge in [-0.3, -0.25) is 24.1 Å². The number of carbonyl (C=O) groups excluding carboxylic acids is 3. The summed E-state index contributed by atoms with van der Waals surface area (Å²) in [5, 5.41) is 37.9. The Kier molecular flexibility index (Phi) is 10.0. The summed E-state index contributed by atoms with van der Waals surface area (Å²) in [5.41, 5.74) is 0.502. The monoisotopic (exact) mass is 734 g/mol. The zero-order valence-corrected chi connectivity index (χ0v) is 28.7. The van der Waals surface area contributed by atoms with Crippen molar-refractivity contribution in [3.63, 3.8) is 0 Å². The van der Waals surface area contributed by atoms with Gasteiger partial charge in [0.2, 0.25) is 11.1 Å². The topological polar surface area (TPSA) is 242 Å². The fraction of sp³-hybridized carbons (Fsp3) is 0.250. The van der Waals surface area contributed by atoms with Crippen molar-refractivity contribution >= 4 is 47.2 Å². The summed E-state index contributed by atoms with van der Waals surface area (Å²) in [6.07, 6.45) is 0. The number of methoxy groups -OCH3 is 2. The van der Waals surface area contributed by atoms with Crippen LogP contribution in [0.4, 0.5) is 0 Å². The number of H-pyrrole nitrogens is 2. The number of nitrogens with zero attached hydrogens (tertiary/aromatic N) is 4. The van der Waals surface area contributed by atoms with Gasteiger partial charge in [-0.05, 0) is 65.7 Å². The van der Waals surface area contributed by atoms with Gasteiger partial charge in [-0.15, -0.1) is 22.0 Å². The molecule has 1 fully saturated rings. The number of benzene rings is 2. The lowest BCUT2D eigenvalue weighted by molar-refractivity contribution is -0.151. The lowest BCUT2D eigenvalue weighted by Gasteiger charge is -2.50. The van der Waals surface area contributed by atoms with Gasteiger partial charge in [0.1, 0.15) is 34.5 Å². The van der Waals surface area contributed by atoms with Gasteiger partial charge in [-0.1, -0.05) is 23.9 Å². The highest BCUT2D eigenvalue weighted by molar-refractivity contribution is 8.01. The van der Waals surface area contributed by atoms with E-state index in [0.717, 1.165) is 4.90 Å². The summed E-state index contributed by atoms with van der Waals surface area (Å²) >= 11 is 2.45. The maximum absolute atomic E-state index is 13.8. The van der Waals surface area contributed by atoms with Crippen LogP contribution in [-0.4, -0.2) is 101 Å². The average Bonchev–Trinajstić information content (AvgIpc) is 3.64. The van der Waals surface area contributed by atoms with Crippen LogP contribution < -0.4 is 25.7 Å². The fourth-order valence-electron chi connectivity index (χ4n) is 5.62. The molecule has 17 nitrogen and oxygen atoms in total. The smallest absolute Gasteiger partial charge is 0.352 e. The predicted molar refractivity (Wildman–Crippen MR) is 183 cm³/mol. The number of aromatic nitrogens is 5. The molecule has 2 aromatic heterocycles. The number of rotatable bonds is 12. The number of hydrogen-bond acceptors (Lipinski definition) is 13. The molecule has 4 heterocycles. The Morgan fingerprint density at radius 2 is 1.80 bits per heavy atom. The number of hydrogen-bond donors (Lipinski definition) is 6. The molecule has 19 heteroatoms. The van der Waals surface area contributed by atoms with E-state index in [1.165, 1.54) is 74.1 Å². The Labute approximate surface area is 297 Å². The second-order valence-electron chi connectivity index (χ2n) is 11.2. The molecule has 6 N–H and O–H groups in total. The first-order valence-corrected chi connectivity index (χ1v) is 17.1. The SMILES string of the molecule is COc1ccc(-c2ccc(C(=O)NC(C(=O)NC3C(=O)N4C(C(=O)O)=C(C(C)Sc5nn[nH]n5)CS[C@@H]34)c3ccc(O)cc3)c(=O)[nH]2)cc1OC. The van der Waals surface area contributed by atoms with Gasteiger partial charge in [-0.25, -0.2) is 4.79 Å². The summed E-state index contributed by atoms with van der Waals surface area (Å²) in [5.74, 6) is -2.55. The van der Waals surface area contributed by atoms with E-state index in [0.29, 0.717) is 33.5 Å². The first-order chi connectivity index (χ1) is 24.5. The summed E-state index contributed by atoms with van der Waals surface area (Å²) in [6.45, 7) is 1.77. The molecule has 0 saturated carbocycles. The van der Waals surface area contributed by atoms with Crippen LogP contribution in [0, 0.1) is 0 Å². The lowest BCUT2D eigenvalue weighted by atomic mass is 10.00. The van der Waals surface area contributed by atoms with Crippen molar-refractivity contribution in [1.29, 1.82) is 0 Å². The molecular formula is C32H30N8O9S2. The standard InChI is InChI=1S/C32H30N8O9S2/c1-14(51-32-36-38-39-37-32)19-13-50-30-24(29(45)40(30)25(19)31(46)47)35-28(44)23(15-4-7-17(41)8-5-15)34-27(43)18-9-10-20(33-26(18)42)16-6-11-21(48-2)22(12-16)49-3/h4-12,14,23-24,30,41H,13H2,1-3H3,(H,33,42)(H,34,43)(H,35,44)(H,46,47)(H,36,37,38,39)/t14?,23?,24?,30-/m0/s1. The van der Waals surface area contributed by atoms with Crippen LogP contribution in [-0.2, 0) is 14.4 Å². The van der Waals surface area contributed by atoms with Crippen LogP contribution in [0.2, 0.25) is 0 Å². The number of phenolic OH excluding ortho intramolecular Hbond substituents is 1. The fourth-order valence-corrected chi connectivity index (χ4v) is 8.04. The zero-order valence-electron chi connectivity index (χ0n) is 27.1. The number of aromatic amines is 2. The second-order valence-corrected chi connectivity index (χ2v) is 13.6. The van der Waals surface area contributed by atoms with Crippen LogP contribution in [0.15, 0.2) is 75.8 Å². The first kappa shape index (κ1) is 35.0. The number of aliphatic carboxylic acids is 1. The largest absolute Gasteiger partial charge is 0.508 e.